The van der Waals surface area contributed by atoms with Gasteiger partial charge in [0.15, 0.2) is 0 Å². The Hall–Kier alpha value is -2.03. The van der Waals surface area contributed by atoms with E-state index < -0.39 is 6.10 Å². The van der Waals surface area contributed by atoms with E-state index in [0.717, 1.165) is 10.9 Å². The van der Waals surface area contributed by atoms with Crippen molar-refractivity contribution in [3.63, 3.8) is 0 Å². The number of fused-ring (bicyclic) bond motifs is 1. The summed E-state index contributed by atoms with van der Waals surface area (Å²) in [5, 5.41) is 23.0. The van der Waals surface area contributed by atoms with Gasteiger partial charge < -0.3 is 20.1 Å². The molecule has 0 unspecified atom stereocenters. The second-order valence-corrected chi connectivity index (χ2v) is 6.11. The summed E-state index contributed by atoms with van der Waals surface area (Å²) in [5.74, 6) is 0.667. The number of aromatic amines is 1. The summed E-state index contributed by atoms with van der Waals surface area (Å²) in [5.41, 5.74) is 1.31. The number of nitriles is 1. The van der Waals surface area contributed by atoms with Crippen molar-refractivity contribution in [3.05, 3.63) is 30.0 Å². The van der Waals surface area contributed by atoms with Crippen LogP contribution in [0.15, 0.2) is 24.3 Å². The molecule has 1 atom stereocenters. The summed E-state index contributed by atoms with van der Waals surface area (Å²) in [4.78, 5) is 3.00. The highest BCUT2D eigenvalue weighted by atomic mass is 16.5. The van der Waals surface area contributed by atoms with E-state index in [4.69, 9.17) is 10.00 Å². The van der Waals surface area contributed by atoms with Crippen molar-refractivity contribution in [1.29, 1.82) is 5.26 Å². The first kappa shape index (κ1) is 15.4. The molecule has 5 nitrogen and oxygen atoms in total. The van der Waals surface area contributed by atoms with Gasteiger partial charge in [-0.3, -0.25) is 0 Å². The Morgan fingerprint density at radius 1 is 1.43 bits per heavy atom. The largest absolute Gasteiger partial charge is 0.490 e. The molecule has 0 aliphatic rings. The van der Waals surface area contributed by atoms with E-state index in [1.54, 1.807) is 6.07 Å². The van der Waals surface area contributed by atoms with Gasteiger partial charge in [0.25, 0.3) is 0 Å². The highest BCUT2D eigenvalue weighted by Gasteiger charge is 2.13. The van der Waals surface area contributed by atoms with E-state index in [0.29, 0.717) is 18.0 Å². The minimum absolute atomic E-state index is 0.0384. The monoisotopic (exact) mass is 287 g/mol. The molecule has 2 rings (SSSR count). The van der Waals surface area contributed by atoms with Crippen LogP contribution in [0.25, 0.3) is 10.9 Å². The smallest absolute Gasteiger partial charge is 0.128 e. The molecule has 0 amide bonds. The lowest BCUT2D eigenvalue weighted by Crippen LogP contribution is -2.42. The molecule has 21 heavy (non-hydrogen) atoms. The predicted octanol–water partition coefficient (Wildman–Crippen LogP) is 2.17. The van der Waals surface area contributed by atoms with Crippen molar-refractivity contribution in [2.75, 3.05) is 13.2 Å². The molecule has 2 aromatic rings. The molecular weight excluding hydrogens is 266 g/mol. The topological polar surface area (TPSA) is 81.1 Å². The SMILES string of the molecule is CC(C)(C)NC[C@H](O)COc1cccc2[nH]c(C#N)cc12. The Labute approximate surface area is 124 Å². The van der Waals surface area contributed by atoms with Gasteiger partial charge in [-0.25, -0.2) is 0 Å². The minimum atomic E-state index is -0.589. The summed E-state index contributed by atoms with van der Waals surface area (Å²) in [6.07, 6.45) is -0.589. The second kappa shape index (κ2) is 6.17. The molecule has 0 spiro atoms. The van der Waals surface area contributed by atoms with Crippen LogP contribution in [-0.4, -0.2) is 34.9 Å². The number of rotatable bonds is 5. The maximum Gasteiger partial charge on any atom is 0.128 e. The Kier molecular flexibility index (Phi) is 4.51. The van der Waals surface area contributed by atoms with Gasteiger partial charge in [-0.05, 0) is 39.0 Å². The zero-order valence-corrected chi connectivity index (χ0v) is 12.6. The predicted molar refractivity (Wildman–Crippen MR) is 82.3 cm³/mol. The molecule has 112 valence electrons. The fourth-order valence-electron chi connectivity index (χ4n) is 1.98. The average Bonchev–Trinajstić information content (AvgIpc) is 2.85. The van der Waals surface area contributed by atoms with Crippen LogP contribution in [-0.2, 0) is 0 Å². The molecule has 1 heterocycles. The highest BCUT2D eigenvalue weighted by molar-refractivity contribution is 5.87. The lowest BCUT2D eigenvalue weighted by molar-refractivity contribution is 0.101. The summed E-state index contributed by atoms with van der Waals surface area (Å²) in [6.45, 7) is 6.81. The highest BCUT2D eigenvalue weighted by Crippen LogP contribution is 2.26. The molecule has 1 aromatic heterocycles. The van der Waals surface area contributed by atoms with E-state index in [-0.39, 0.29) is 12.1 Å². The van der Waals surface area contributed by atoms with E-state index in [1.165, 1.54) is 0 Å². The first-order chi connectivity index (χ1) is 9.89. The zero-order valence-electron chi connectivity index (χ0n) is 12.6. The first-order valence-corrected chi connectivity index (χ1v) is 6.97. The van der Waals surface area contributed by atoms with Crippen molar-refractivity contribution < 1.29 is 9.84 Å². The van der Waals surface area contributed by atoms with Crippen LogP contribution in [0.5, 0.6) is 5.75 Å². The average molecular weight is 287 g/mol. The van der Waals surface area contributed by atoms with E-state index in [2.05, 4.69) is 16.4 Å². The summed E-state index contributed by atoms with van der Waals surface area (Å²) in [7, 11) is 0. The number of aliphatic hydroxyl groups excluding tert-OH is 1. The van der Waals surface area contributed by atoms with Gasteiger partial charge in [-0.15, -0.1) is 0 Å². The lowest BCUT2D eigenvalue weighted by Gasteiger charge is -2.23. The number of aliphatic hydroxyl groups is 1. The fourth-order valence-corrected chi connectivity index (χ4v) is 1.98. The van der Waals surface area contributed by atoms with Gasteiger partial charge in [0, 0.05) is 17.5 Å². The van der Waals surface area contributed by atoms with Gasteiger partial charge in [0.2, 0.25) is 0 Å². The summed E-state index contributed by atoms with van der Waals surface area (Å²) in [6, 6.07) is 9.41. The van der Waals surface area contributed by atoms with Crippen molar-refractivity contribution >= 4 is 10.9 Å². The number of nitrogens with zero attached hydrogens (tertiary/aromatic N) is 1. The molecule has 0 bridgehead atoms. The molecule has 0 fully saturated rings. The van der Waals surface area contributed by atoms with Crippen molar-refractivity contribution in [3.8, 4) is 11.8 Å². The minimum Gasteiger partial charge on any atom is -0.490 e. The van der Waals surface area contributed by atoms with Crippen LogP contribution < -0.4 is 10.1 Å². The molecule has 0 saturated carbocycles. The molecular formula is C16H21N3O2. The fraction of sp³-hybridized carbons (Fsp3) is 0.438. The van der Waals surface area contributed by atoms with E-state index in [1.807, 2.05) is 39.0 Å². The molecule has 0 aliphatic heterocycles. The Morgan fingerprint density at radius 2 is 2.19 bits per heavy atom. The molecule has 1 aromatic carbocycles. The zero-order chi connectivity index (χ0) is 15.5. The summed E-state index contributed by atoms with van der Waals surface area (Å²) >= 11 is 0. The van der Waals surface area contributed by atoms with Gasteiger partial charge in [-0.2, -0.15) is 5.26 Å². The summed E-state index contributed by atoms with van der Waals surface area (Å²) < 4.78 is 5.68. The first-order valence-electron chi connectivity index (χ1n) is 6.97. The number of hydrogen-bond donors (Lipinski definition) is 3. The molecule has 0 aliphatic carbocycles. The van der Waals surface area contributed by atoms with Crippen LogP contribution in [0.2, 0.25) is 0 Å². The number of nitrogens with one attached hydrogen (secondary N) is 2. The van der Waals surface area contributed by atoms with Crippen LogP contribution in [0.3, 0.4) is 0 Å². The third kappa shape index (κ3) is 4.22. The third-order valence-corrected chi connectivity index (χ3v) is 3.04. The van der Waals surface area contributed by atoms with Gasteiger partial charge >= 0.3 is 0 Å². The Morgan fingerprint density at radius 3 is 2.86 bits per heavy atom. The van der Waals surface area contributed by atoms with Gasteiger partial charge in [-0.1, -0.05) is 6.07 Å². The third-order valence-electron chi connectivity index (χ3n) is 3.04. The standard InChI is InChI=1S/C16H21N3O2/c1-16(2,3)18-9-12(20)10-21-15-6-4-5-14-13(15)7-11(8-17)19-14/h4-7,12,18-20H,9-10H2,1-3H3/t12-/m0/s1. The normalized spacial score (nSPS) is 13.1. The quantitative estimate of drug-likeness (QED) is 0.787. The van der Waals surface area contributed by atoms with Crippen molar-refractivity contribution in [1.82, 2.24) is 10.3 Å². The number of hydrogen-bond acceptors (Lipinski definition) is 4. The Balaban J connectivity index is 2.00. The Bertz CT molecular complexity index is 650. The van der Waals surface area contributed by atoms with Gasteiger partial charge in [0.1, 0.15) is 30.2 Å². The van der Waals surface area contributed by atoms with Crippen molar-refractivity contribution in [2.24, 2.45) is 0 Å². The van der Waals surface area contributed by atoms with E-state index >= 15 is 0 Å². The number of benzene rings is 1. The second-order valence-electron chi connectivity index (χ2n) is 6.11. The van der Waals surface area contributed by atoms with Gasteiger partial charge in [0.05, 0.1) is 5.52 Å². The van der Waals surface area contributed by atoms with Crippen LogP contribution in [0.1, 0.15) is 26.5 Å². The van der Waals surface area contributed by atoms with Crippen LogP contribution in [0, 0.1) is 11.3 Å². The number of ether oxygens (including phenoxy) is 1. The van der Waals surface area contributed by atoms with Crippen molar-refractivity contribution in [2.45, 2.75) is 32.4 Å². The maximum atomic E-state index is 9.95. The maximum absolute atomic E-state index is 9.95. The number of β-amino-alcohol motifs (C(OH)–C–C–N with tert-alkyl or cyclic N) is 1. The number of aromatic nitrogens is 1. The van der Waals surface area contributed by atoms with Crippen LogP contribution in [0.4, 0.5) is 0 Å². The molecule has 0 radical (unpaired) electrons. The number of H-pyrrole nitrogens is 1. The lowest BCUT2D eigenvalue weighted by atomic mass is 10.1. The molecule has 0 saturated heterocycles. The molecule has 5 heteroatoms. The van der Waals surface area contributed by atoms with Crippen LogP contribution >= 0.6 is 0 Å². The van der Waals surface area contributed by atoms with E-state index in [9.17, 15) is 5.11 Å². The molecule has 3 N–H and O–H groups in total.